The number of carboxylic acids is 1. The lowest BCUT2D eigenvalue weighted by atomic mass is 10.1. The van der Waals surface area contributed by atoms with Crippen molar-refractivity contribution < 1.29 is 9.90 Å². The number of hydrogen-bond donors (Lipinski definition) is 1. The van der Waals surface area contributed by atoms with Gasteiger partial charge in [0.05, 0.1) is 12.0 Å². The molecule has 19 heavy (non-hydrogen) atoms. The van der Waals surface area contributed by atoms with Crippen molar-refractivity contribution in [2.45, 2.75) is 6.04 Å². The Morgan fingerprint density at radius 2 is 1.42 bits per heavy atom. The monoisotopic (exact) mass is 294 g/mol. The predicted octanol–water partition coefficient (Wildman–Crippen LogP) is 2.90. The highest BCUT2D eigenvalue weighted by atomic mass is 35.5. The van der Waals surface area contributed by atoms with Crippen molar-refractivity contribution in [2.75, 3.05) is 5.32 Å². The van der Waals surface area contributed by atoms with Crippen molar-refractivity contribution in [1.82, 2.24) is 0 Å². The van der Waals surface area contributed by atoms with Crippen molar-refractivity contribution in [3.05, 3.63) is 64.1 Å². The molecule has 0 bridgehead atoms. The van der Waals surface area contributed by atoms with Gasteiger partial charge in [-0.3, -0.25) is 0 Å². The number of halogens is 2. The van der Waals surface area contributed by atoms with Gasteiger partial charge in [0.1, 0.15) is 0 Å². The normalized spacial score (nSPS) is 11.9. The van der Waals surface area contributed by atoms with Crippen molar-refractivity contribution in [1.29, 1.82) is 0 Å². The fraction of sp³-hybridized carbons (Fsp3) is 0.0714. The van der Waals surface area contributed by atoms with Crippen LogP contribution < -0.4 is 10.4 Å². The number of anilines is 1. The molecule has 0 aromatic heterocycles. The first-order valence-electron chi connectivity index (χ1n) is 5.54. The number of aliphatic carboxylic acids is 1. The zero-order valence-electron chi connectivity index (χ0n) is 9.77. The number of hydrogen-bond acceptors (Lipinski definition) is 3. The Morgan fingerprint density at radius 1 is 0.947 bits per heavy atom. The van der Waals surface area contributed by atoms with Gasteiger partial charge in [0, 0.05) is 15.7 Å². The first-order valence-corrected chi connectivity index (χ1v) is 6.30. The zero-order valence-corrected chi connectivity index (χ0v) is 11.3. The van der Waals surface area contributed by atoms with Gasteiger partial charge in [-0.05, 0) is 42.0 Å². The number of carbonyl (C=O) groups excluding carboxylic acids is 1. The summed E-state index contributed by atoms with van der Waals surface area (Å²) < 4.78 is 0. The smallest absolute Gasteiger partial charge is 0.0912 e. The molecule has 0 heterocycles. The fourth-order valence-electron chi connectivity index (χ4n) is 1.65. The summed E-state index contributed by atoms with van der Waals surface area (Å²) in [6.07, 6.45) is 0. The molecule has 0 aliphatic carbocycles. The maximum atomic E-state index is 11.2. The summed E-state index contributed by atoms with van der Waals surface area (Å²) in [5.74, 6) is -1.21. The minimum Gasteiger partial charge on any atom is -0.548 e. The Kier molecular flexibility index (Phi) is 4.30. The molecule has 0 fully saturated rings. The number of rotatable bonds is 4. The van der Waals surface area contributed by atoms with Gasteiger partial charge in [-0.1, -0.05) is 35.3 Å². The highest BCUT2D eigenvalue weighted by Gasteiger charge is 2.12. The summed E-state index contributed by atoms with van der Waals surface area (Å²) in [6.45, 7) is 0. The maximum Gasteiger partial charge on any atom is 0.0912 e. The van der Waals surface area contributed by atoms with E-state index < -0.39 is 12.0 Å². The van der Waals surface area contributed by atoms with Crippen LogP contribution in [0.15, 0.2) is 48.5 Å². The molecule has 2 aromatic carbocycles. The van der Waals surface area contributed by atoms with E-state index >= 15 is 0 Å². The Bertz CT molecular complexity index is 567. The first kappa shape index (κ1) is 13.7. The summed E-state index contributed by atoms with van der Waals surface area (Å²) in [5.41, 5.74) is 1.22. The Labute approximate surface area is 120 Å². The third-order valence-electron chi connectivity index (χ3n) is 2.59. The second-order valence-electron chi connectivity index (χ2n) is 3.95. The van der Waals surface area contributed by atoms with Gasteiger partial charge < -0.3 is 15.2 Å². The second kappa shape index (κ2) is 5.95. The fourth-order valence-corrected chi connectivity index (χ4v) is 1.90. The first-order chi connectivity index (χ1) is 9.06. The van der Waals surface area contributed by atoms with Crippen LogP contribution in [0.2, 0.25) is 10.0 Å². The third kappa shape index (κ3) is 3.63. The molecule has 0 amide bonds. The molecule has 1 N–H and O–H groups in total. The molecule has 0 spiro atoms. The lowest BCUT2D eigenvalue weighted by molar-refractivity contribution is -0.307. The molecule has 1 atom stereocenters. The van der Waals surface area contributed by atoms with E-state index in [-0.39, 0.29) is 0 Å². The Morgan fingerprint density at radius 3 is 1.89 bits per heavy atom. The van der Waals surface area contributed by atoms with E-state index in [1.165, 1.54) is 0 Å². The largest absolute Gasteiger partial charge is 0.548 e. The molecule has 0 radical (unpaired) electrons. The minimum absolute atomic E-state index is 0.548. The quantitative estimate of drug-likeness (QED) is 0.943. The minimum atomic E-state index is -1.21. The zero-order chi connectivity index (χ0) is 13.8. The van der Waals surface area contributed by atoms with E-state index in [0.717, 1.165) is 0 Å². The standard InChI is InChI=1S/C14H11Cl2NO2/c15-10-3-1-9(2-4-10)13(14(18)19)17-12-7-5-11(16)6-8-12/h1-8,13,17H,(H,18,19)/p-1/t13-/m1/s1. The highest BCUT2D eigenvalue weighted by molar-refractivity contribution is 6.30. The summed E-state index contributed by atoms with van der Waals surface area (Å²) in [5, 5.41) is 15.2. The molecular weight excluding hydrogens is 285 g/mol. The van der Waals surface area contributed by atoms with E-state index in [4.69, 9.17) is 23.2 Å². The lowest BCUT2D eigenvalue weighted by Crippen LogP contribution is -2.34. The number of benzene rings is 2. The van der Waals surface area contributed by atoms with Crippen LogP contribution in [0.4, 0.5) is 5.69 Å². The summed E-state index contributed by atoms with van der Waals surface area (Å²) in [7, 11) is 0. The van der Waals surface area contributed by atoms with Gasteiger partial charge in [0.15, 0.2) is 0 Å². The van der Waals surface area contributed by atoms with Crippen molar-refractivity contribution in [2.24, 2.45) is 0 Å². The van der Waals surface area contributed by atoms with E-state index in [0.29, 0.717) is 21.3 Å². The van der Waals surface area contributed by atoms with Crippen molar-refractivity contribution in [3.63, 3.8) is 0 Å². The Balaban J connectivity index is 2.23. The van der Waals surface area contributed by atoms with Crippen LogP contribution in [0, 0.1) is 0 Å². The summed E-state index contributed by atoms with van der Waals surface area (Å²) >= 11 is 11.5. The summed E-state index contributed by atoms with van der Waals surface area (Å²) in [4.78, 5) is 11.2. The third-order valence-corrected chi connectivity index (χ3v) is 3.10. The topological polar surface area (TPSA) is 52.2 Å². The highest BCUT2D eigenvalue weighted by Crippen LogP contribution is 2.22. The van der Waals surface area contributed by atoms with Crippen molar-refractivity contribution >= 4 is 34.9 Å². The van der Waals surface area contributed by atoms with E-state index in [1.54, 1.807) is 48.5 Å². The van der Waals surface area contributed by atoms with Crippen LogP contribution in [-0.4, -0.2) is 5.97 Å². The molecule has 0 saturated heterocycles. The van der Waals surface area contributed by atoms with Crippen LogP contribution >= 0.6 is 23.2 Å². The molecule has 5 heteroatoms. The van der Waals surface area contributed by atoms with Gasteiger partial charge in [-0.25, -0.2) is 0 Å². The molecule has 0 unspecified atom stereocenters. The lowest BCUT2D eigenvalue weighted by Gasteiger charge is -2.21. The molecule has 98 valence electrons. The van der Waals surface area contributed by atoms with Gasteiger partial charge in [0.2, 0.25) is 0 Å². The van der Waals surface area contributed by atoms with Gasteiger partial charge in [-0.15, -0.1) is 0 Å². The van der Waals surface area contributed by atoms with Gasteiger partial charge >= 0.3 is 0 Å². The Hall–Kier alpha value is -1.71. The van der Waals surface area contributed by atoms with Crippen LogP contribution in [0.25, 0.3) is 0 Å². The molecule has 0 aliphatic rings. The molecular formula is C14H10Cl2NO2-. The van der Waals surface area contributed by atoms with E-state index in [9.17, 15) is 9.90 Å². The number of carboxylic acid groups (broad SMARTS) is 1. The van der Waals surface area contributed by atoms with Crippen LogP contribution in [-0.2, 0) is 4.79 Å². The second-order valence-corrected chi connectivity index (χ2v) is 4.83. The van der Waals surface area contributed by atoms with E-state index in [2.05, 4.69) is 5.32 Å². The van der Waals surface area contributed by atoms with Crippen LogP contribution in [0.3, 0.4) is 0 Å². The molecule has 0 saturated carbocycles. The van der Waals surface area contributed by atoms with Crippen LogP contribution in [0.1, 0.15) is 11.6 Å². The van der Waals surface area contributed by atoms with Gasteiger partial charge in [0.25, 0.3) is 0 Å². The number of nitrogens with one attached hydrogen (secondary N) is 1. The maximum absolute atomic E-state index is 11.2. The molecule has 2 aromatic rings. The van der Waals surface area contributed by atoms with E-state index in [1.807, 2.05) is 0 Å². The molecule has 0 aliphatic heterocycles. The average Bonchev–Trinajstić information content (AvgIpc) is 2.39. The predicted molar refractivity (Wildman–Crippen MR) is 74.3 cm³/mol. The SMILES string of the molecule is O=C([O-])[C@H](Nc1ccc(Cl)cc1)c1ccc(Cl)cc1. The summed E-state index contributed by atoms with van der Waals surface area (Å²) in [6, 6.07) is 12.4. The average molecular weight is 295 g/mol. The van der Waals surface area contributed by atoms with Crippen LogP contribution in [0.5, 0.6) is 0 Å². The van der Waals surface area contributed by atoms with Crippen molar-refractivity contribution in [3.8, 4) is 0 Å². The number of carbonyl (C=O) groups is 1. The van der Waals surface area contributed by atoms with Gasteiger partial charge in [-0.2, -0.15) is 0 Å². The molecule has 3 nitrogen and oxygen atoms in total. The molecule has 2 rings (SSSR count).